The van der Waals surface area contributed by atoms with E-state index in [4.69, 9.17) is 0 Å². The number of nitrogens with one attached hydrogen (secondary N) is 1. The molecule has 0 saturated heterocycles. The van der Waals surface area contributed by atoms with Gasteiger partial charge in [0.25, 0.3) is 5.69 Å². The van der Waals surface area contributed by atoms with Crippen LogP contribution >= 0.6 is 23.1 Å². The summed E-state index contributed by atoms with van der Waals surface area (Å²) in [4.78, 5) is 15.7. The Balaban J connectivity index is 2.30. The van der Waals surface area contributed by atoms with E-state index in [0.29, 0.717) is 0 Å². The molecule has 2 rings (SSSR count). The van der Waals surface area contributed by atoms with Gasteiger partial charge in [-0.1, -0.05) is 11.8 Å². The van der Waals surface area contributed by atoms with Crippen molar-refractivity contribution in [2.75, 3.05) is 11.9 Å². The van der Waals surface area contributed by atoms with Gasteiger partial charge in [0.15, 0.2) is 4.34 Å². The second-order valence-corrected chi connectivity index (χ2v) is 6.04. The zero-order chi connectivity index (χ0) is 13.8. The SMILES string of the molecule is CCNc1cc(Sc2nc(C)cs2)cc([N+](=O)[O-])c1. The Kier molecular flexibility index (Phi) is 4.39. The summed E-state index contributed by atoms with van der Waals surface area (Å²) in [7, 11) is 0. The van der Waals surface area contributed by atoms with Crippen molar-refractivity contribution in [3.8, 4) is 0 Å². The Hall–Kier alpha value is -1.60. The van der Waals surface area contributed by atoms with Crippen LogP contribution in [-0.4, -0.2) is 16.5 Å². The minimum Gasteiger partial charge on any atom is -0.385 e. The molecule has 19 heavy (non-hydrogen) atoms. The van der Waals surface area contributed by atoms with Crippen molar-refractivity contribution in [2.45, 2.75) is 23.1 Å². The number of rotatable bonds is 5. The van der Waals surface area contributed by atoms with Crippen LogP contribution < -0.4 is 5.32 Å². The third-order valence-corrected chi connectivity index (χ3v) is 4.31. The molecule has 0 spiro atoms. The number of aryl methyl sites for hydroxylation is 1. The summed E-state index contributed by atoms with van der Waals surface area (Å²) >= 11 is 2.98. The van der Waals surface area contributed by atoms with Gasteiger partial charge in [-0.15, -0.1) is 11.3 Å². The maximum atomic E-state index is 10.9. The van der Waals surface area contributed by atoms with E-state index in [1.807, 2.05) is 25.3 Å². The van der Waals surface area contributed by atoms with Crippen LogP contribution in [0.2, 0.25) is 0 Å². The molecular formula is C12H13N3O2S2. The topological polar surface area (TPSA) is 68.1 Å². The monoisotopic (exact) mass is 295 g/mol. The normalized spacial score (nSPS) is 10.4. The molecule has 0 aliphatic rings. The van der Waals surface area contributed by atoms with Crippen LogP contribution in [0.4, 0.5) is 11.4 Å². The quantitative estimate of drug-likeness (QED) is 0.668. The lowest BCUT2D eigenvalue weighted by atomic mass is 10.3. The van der Waals surface area contributed by atoms with Crippen LogP contribution in [0.5, 0.6) is 0 Å². The van der Waals surface area contributed by atoms with E-state index in [0.717, 1.165) is 27.2 Å². The van der Waals surface area contributed by atoms with Crippen molar-refractivity contribution in [1.82, 2.24) is 4.98 Å². The molecule has 1 N–H and O–H groups in total. The molecule has 0 aliphatic carbocycles. The number of aromatic nitrogens is 1. The maximum absolute atomic E-state index is 10.9. The van der Waals surface area contributed by atoms with Crippen molar-refractivity contribution in [1.29, 1.82) is 0 Å². The molecule has 7 heteroatoms. The van der Waals surface area contributed by atoms with Gasteiger partial charge >= 0.3 is 0 Å². The van der Waals surface area contributed by atoms with Crippen LogP contribution in [0.1, 0.15) is 12.6 Å². The number of nitro benzene ring substituents is 1. The Morgan fingerprint density at radius 1 is 1.47 bits per heavy atom. The molecule has 1 aromatic carbocycles. The van der Waals surface area contributed by atoms with E-state index >= 15 is 0 Å². The highest BCUT2D eigenvalue weighted by molar-refractivity contribution is 8.01. The number of benzene rings is 1. The fourth-order valence-electron chi connectivity index (χ4n) is 1.53. The van der Waals surface area contributed by atoms with Gasteiger partial charge < -0.3 is 5.32 Å². The van der Waals surface area contributed by atoms with Crippen LogP contribution in [0.15, 0.2) is 32.8 Å². The fraction of sp³-hybridized carbons (Fsp3) is 0.250. The molecule has 100 valence electrons. The molecule has 5 nitrogen and oxygen atoms in total. The minimum atomic E-state index is -0.377. The first-order valence-electron chi connectivity index (χ1n) is 5.72. The number of hydrogen-bond donors (Lipinski definition) is 1. The predicted octanol–water partition coefficient (Wildman–Crippen LogP) is 3.94. The second kappa shape index (κ2) is 6.03. The Morgan fingerprint density at radius 3 is 2.84 bits per heavy atom. The van der Waals surface area contributed by atoms with Gasteiger partial charge in [0.2, 0.25) is 0 Å². The molecule has 0 aliphatic heterocycles. The third kappa shape index (κ3) is 3.68. The molecule has 0 fully saturated rings. The summed E-state index contributed by atoms with van der Waals surface area (Å²) in [6.07, 6.45) is 0. The molecule has 0 atom stereocenters. The molecule has 0 saturated carbocycles. The number of hydrogen-bond acceptors (Lipinski definition) is 6. The summed E-state index contributed by atoms with van der Waals surface area (Å²) in [5, 5.41) is 16.0. The summed E-state index contributed by atoms with van der Waals surface area (Å²) in [6.45, 7) is 4.61. The lowest BCUT2D eigenvalue weighted by molar-refractivity contribution is -0.385. The third-order valence-electron chi connectivity index (χ3n) is 2.29. The molecule has 0 bridgehead atoms. The maximum Gasteiger partial charge on any atom is 0.272 e. The lowest BCUT2D eigenvalue weighted by Gasteiger charge is -2.05. The second-order valence-electron chi connectivity index (χ2n) is 3.86. The zero-order valence-corrected chi connectivity index (χ0v) is 12.2. The van der Waals surface area contributed by atoms with E-state index in [1.165, 1.54) is 23.1 Å². The number of nitrogens with zero attached hydrogens (tertiary/aromatic N) is 2. The van der Waals surface area contributed by atoms with Gasteiger partial charge in [0.1, 0.15) is 0 Å². The number of thiazole rings is 1. The molecule has 0 amide bonds. The Labute approximate surface area is 119 Å². The summed E-state index contributed by atoms with van der Waals surface area (Å²) < 4.78 is 0.889. The zero-order valence-electron chi connectivity index (χ0n) is 10.5. The van der Waals surface area contributed by atoms with Gasteiger partial charge in [-0.05, 0) is 19.9 Å². The minimum absolute atomic E-state index is 0.0919. The molecule has 1 heterocycles. The Morgan fingerprint density at radius 2 is 2.26 bits per heavy atom. The highest BCUT2D eigenvalue weighted by Crippen LogP contribution is 2.34. The summed E-state index contributed by atoms with van der Waals surface area (Å²) in [5.41, 5.74) is 1.81. The number of non-ortho nitro benzene ring substituents is 1. The standard InChI is InChI=1S/C12H13N3O2S2/c1-3-13-9-4-10(15(16)17)6-11(5-9)19-12-14-8(2)7-18-12/h4-7,13H,3H2,1-2H3. The van der Waals surface area contributed by atoms with Crippen LogP contribution in [0.3, 0.4) is 0 Å². The number of nitro groups is 1. The van der Waals surface area contributed by atoms with Crippen molar-refractivity contribution in [2.24, 2.45) is 0 Å². The van der Waals surface area contributed by atoms with Crippen molar-refractivity contribution < 1.29 is 4.92 Å². The van der Waals surface area contributed by atoms with E-state index in [2.05, 4.69) is 10.3 Å². The van der Waals surface area contributed by atoms with Crippen LogP contribution in [0, 0.1) is 17.0 Å². The fourth-order valence-corrected chi connectivity index (χ4v) is 3.44. The van der Waals surface area contributed by atoms with Crippen LogP contribution in [0.25, 0.3) is 0 Å². The van der Waals surface area contributed by atoms with Gasteiger partial charge in [0.05, 0.1) is 4.92 Å². The van der Waals surface area contributed by atoms with Crippen LogP contribution in [-0.2, 0) is 0 Å². The first-order valence-corrected chi connectivity index (χ1v) is 7.41. The predicted molar refractivity (Wildman–Crippen MR) is 78.2 cm³/mol. The summed E-state index contributed by atoms with van der Waals surface area (Å²) in [6, 6.07) is 5.01. The average Bonchev–Trinajstić information content (AvgIpc) is 2.75. The first-order chi connectivity index (χ1) is 9.08. The lowest BCUT2D eigenvalue weighted by Crippen LogP contribution is -1.98. The van der Waals surface area contributed by atoms with Crippen molar-refractivity contribution in [3.05, 3.63) is 39.4 Å². The van der Waals surface area contributed by atoms with Gasteiger partial charge in [-0.25, -0.2) is 4.98 Å². The van der Waals surface area contributed by atoms with Gasteiger partial charge in [-0.2, -0.15) is 0 Å². The van der Waals surface area contributed by atoms with E-state index in [-0.39, 0.29) is 10.6 Å². The number of anilines is 1. The van der Waals surface area contributed by atoms with Crippen molar-refractivity contribution >= 4 is 34.5 Å². The molecule has 0 radical (unpaired) electrons. The molecular weight excluding hydrogens is 282 g/mol. The molecule has 1 aromatic heterocycles. The van der Waals surface area contributed by atoms with E-state index < -0.39 is 0 Å². The first kappa shape index (κ1) is 13.8. The largest absolute Gasteiger partial charge is 0.385 e. The van der Waals surface area contributed by atoms with E-state index in [9.17, 15) is 10.1 Å². The summed E-state index contributed by atoms with van der Waals surface area (Å²) in [5.74, 6) is 0. The highest BCUT2D eigenvalue weighted by atomic mass is 32.2. The van der Waals surface area contributed by atoms with Crippen molar-refractivity contribution in [3.63, 3.8) is 0 Å². The smallest absolute Gasteiger partial charge is 0.272 e. The Bertz CT molecular complexity index is 598. The molecule has 0 unspecified atom stereocenters. The molecule has 2 aromatic rings. The average molecular weight is 295 g/mol. The van der Waals surface area contributed by atoms with Gasteiger partial charge in [0, 0.05) is 40.3 Å². The highest BCUT2D eigenvalue weighted by Gasteiger charge is 2.11. The van der Waals surface area contributed by atoms with Gasteiger partial charge in [-0.3, -0.25) is 10.1 Å². The van der Waals surface area contributed by atoms with E-state index in [1.54, 1.807) is 12.1 Å².